The first-order valence-electron chi connectivity index (χ1n) is 7.19. The van der Waals surface area contributed by atoms with Crippen molar-refractivity contribution in [2.75, 3.05) is 19.0 Å². The van der Waals surface area contributed by atoms with E-state index < -0.39 is 17.8 Å². The summed E-state index contributed by atoms with van der Waals surface area (Å²) in [5.41, 5.74) is 0.470. The molecule has 0 bridgehead atoms. The fraction of sp³-hybridized carbons (Fsp3) is 0.333. The number of thiophene rings is 1. The Kier molecular flexibility index (Phi) is 5.81. The van der Waals surface area contributed by atoms with Crippen LogP contribution >= 0.6 is 22.9 Å². The number of halogens is 1. The first-order chi connectivity index (χ1) is 11.8. The molecule has 0 aliphatic carbocycles. The number of carbonyl (C=O) groups excluding carboxylic acids is 3. The van der Waals surface area contributed by atoms with Gasteiger partial charge in [0.1, 0.15) is 9.88 Å². The Hall–Kier alpha value is -2.39. The molecular formula is C15H16ClN3O5S. The molecule has 8 nitrogen and oxygen atoms in total. The quantitative estimate of drug-likeness (QED) is 0.794. The highest BCUT2D eigenvalue weighted by molar-refractivity contribution is 7.18. The fourth-order valence-electron chi connectivity index (χ4n) is 2.12. The van der Waals surface area contributed by atoms with E-state index >= 15 is 0 Å². The molecule has 2 rings (SSSR count). The summed E-state index contributed by atoms with van der Waals surface area (Å²) in [6.07, 6.45) is 1.47. The number of nitrogens with one attached hydrogen (secondary N) is 1. The number of aryl methyl sites for hydroxylation is 1. The highest BCUT2D eigenvalue weighted by atomic mass is 35.5. The standard InChI is InChI=1S/C15H16ClN3O5S/c1-5-24-15(22)11-7(2)9(14(21)23-4)13(25-11)17-12(20)10-8(16)6-19(3)18-10/h6H,5H2,1-4H3,(H,17,20). The van der Waals surface area contributed by atoms with Crippen LogP contribution in [0.3, 0.4) is 0 Å². The minimum Gasteiger partial charge on any atom is -0.465 e. The van der Waals surface area contributed by atoms with Gasteiger partial charge in [0.15, 0.2) is 5.69 Å². The van der Waals surface area contributed by atoms with Crippen LogP contribution in [0.4, 0.5) is 5.00 Å². The zero-order chi connectivity index (χ0) is 18.7. The zero-order valence-electron chi connectivity index (χ0n) is 14.0. The van der Waals surface area contributed by atoms with Crippen molar-refractivity contribution in [1.29, 1.82) is 0 Å². The van der Waals surface area contributed by atoms with Crippen molar-refractivity contribution in [2.24, 2.45) is 7.05 Å². The second kappa shape index (κ2) is 7.66. The second-order valence-electron chi connectivity index (χ2n) is 4.93. The van der Waals surface area contributed by atoms with Gasteiger partial charge in [0.2, 0.25) is 0 Å². The molecule has 2 aromatic heterocycles. The minimum absolute atomic E-state index is 0.00344. The van der Waals surface area contributed by atoms with Crippen molar-refractivity contribution in [3.8, 4) is 0 Å². The Morgan fingerprint density at radius 2 is 2.04 bits per heavy atom. The third-order valence-electron chi connectivity index (χ3n) is 3.22. The topological polar surface area (TPSA) is 99.5 Å². The molecule has 1 N–H and O–H groups in total. The van der Waals surface area contributed by atoms with Gasteiger partial charge in [0.25, 0.3) is 5.91 Å². The molecule has 10 heteroatoms. The van der Waals surface area contributed by atoms with Gasteiger partial charge in [-0.25, -0.2) is 9.59 Å². The Labute approximate surface area is 152 Å². The number of carbonyl (C=O) groups is 3. The number of esters is 2. The predicted octanol–water partition coefficient (Wildman–Crippen LogP) is 2.66. The summed E-state index contributed by atoms with van der Waals surface area (Å²) in [6.45, 7) is 3.45. The molecule has 0 radical (unpaired) electrons. The molecule has 0 fully saturated rings. The molecule has 1 amide bonds. The van der Waals surface area contributed by atoms with Gasteiger partial charge in [-0.05, 0) is 19.4 Å². The van der Waals surface area contributed by atoms with E-state index in [0.717, 1.165) is 11.3 Å². The normalized spacial score (nSPS) is 10.4. The van der Waals surface area contributed by atoms with Crippen LogP contribution in [0.2, 0.25) is 5.02 Å². The monoisotopic (exact) mass is 385 g/mol. The number of amides is 1. The van der Waals surface area contributed by atoms with E-state index in [-0.39, 0.29) is 32.8 Å². The number of hydrogen-bond donors (Lipinski definition) is 1. The van der Waals surface area contributed by atoms with E-state index in [4.69, 9.17) is 21.1 Å². The van der Waals surface area contributed by atoms with Crippen molar-refractivity contribution in [2.45, 2.75) is 13.8 Å². The summed E-state index contributed by atoms with van der Waals surface area (Å²) in [7, 11) is 2.83. The third kappa shape index (κ3) is 3.83. The van der Waals surface area contributed by atoms with Crippen LogP contribution in [0, 0.1) is 6.92 Å². The molecule has 0 spiro atoms. The van der Waals surface area contributed by atoms with Crippen LogP contribution < -0.4 is 5.32 Å². The van der Waals surface area contributed by atoms with Gasteiger partial charge in [0, 0.05) is 13.2 Å². The smallest absolute Gasteiger partial charge is 0.348 e. The van der Waals surface area contributed by atoms with E-state index in [1.54, 1.807) is 20.9 Å². The number of anilines is 1. The summed E-state index contributed by atoms with van der Waals surface area (Å²) >= 11 is 6.89. The molecule has 0 aliphatic rings. The van der Waals surface area contributed by atoms with E-state index in [0.29, 0.717) is 5.56 Å². The number of nitrogens with zero attached hydrogens (tertiary/aromatic N) is 2. The largest absolute Gasteiger partial charge is 0.465 e. The Morgan fingerprint density at radius 3 is 2.56 bits per heavy atom. The number of aromatic nitrogens is 2. The maximum atomic E-state index is 12.4. The third-order valence-corrected chi connectivity index (χ3v) is 4.69. The lowest BCUT2D eigenvalue weighted by Gasteiger charge is -2.05. The van der Waals surface area contributed by atoms with Crippen LogP contribution in [0.15, 0.2) is 6.20 Å². The van der Waals surface area contributed by atoms with Crippen LogP contribution in [0.25, 0.3) is 0 Å². The van der Waals surface area contributed by atoms with Crippen molar-refractivity contribution in [3.63, 3.8) is 0 Å². The van der Waals surface area contributed by atoms with Gasteiger partial charge in [-0.1, -0.05) is 11.6 Å². The average Bonchev–Trinajstić information content (AvgIpc) is 3.06. The van der Waals surface area contributed by atoms with Crippen molar-refractivity contribution >= 4 is 45.8 Å². The molecule has 0 aliphatic heterocycles. The number of rotatable bonds is 5. The van der Waals surface area contributed by atoms with E-state index in [2.05, 4.69) is 10.4 Å². The fourth-order valence-corrected chi connectivity index (χ4v) is 3.47. The first-order valence-corrected chi connectivity index (χ1v) is 8.38. The highest BCUT2D eigenvalue weighted by Crippen LogP contribution is 2.34. The first kappa shape index (κ1) is 18.9. The highest BCUT2D eigenvalue weighted by Gasteiger charge is 2.28. The summed E-state index contributed by atoms with van der Waals surface area (Å²) in [5, 5.41) is 6.86. The van der Waals surface area contributed by atoms with Gasteiger partial charge < -0.3 is 14.8 Å². The van der Waals surface area contributed by atoms with Crippen LogP contribution in [-0.2, 0) is 16.5 Å². The van der Waals surface area contributed by atoms with Gasteiger partial charge >= 0.3 is 11.9 Å². The average molecular weight is 386 g/mol. The van der Waals surface area contributed by atoms with Gasteiger partial charge in [0.05, 0.1) is 24.3 Å². The summed E-state index contributed by atoms with van der Waals surface area (Å²) in [6, 6.07) is 0. The Morgan fingerprint density at radius 1 is 1.36 bits per heavy atom. The number of ether oxygens (including phenoxy) is 2. The lowest BCUT2D eigenvalue weighted by Crippen LogP contribution is -2.15. The number of hydrogen-bond acceptors (Lipinski definition) is 7. The summed E-state index contributed by atoms with van der Waals surface area (Å²) in [5.74, 6) is -1.86. The molecule has 2 heterocycles. The SMILES string of the molecule is CCOC(=O)c1sc(NC(=O)c2nn(C)cc2Cl)c(C(=O)OC)c1C. The molecule has 0 aromatic carbocycles. The molecule has 0 atom stereocenters. The molecule has 0 unspecified atom stereocenters. The maximum Gasteiger partial charge on any atom is 0.348 e. The lowest BCUT2D eigenvalue weighted by molar-refractivity contribution is 0.0531. The van der Waals surface area contributed by atoms with Crippen molar-refractivity contribution in [1.82, 2.24) is 9.78 Å². The van der Waals surface area contributed by atoms with E-state index in [1.807, 2.05) is 0 Å². The molecule has 2 aromatic rings. The van der Waals surface area contributed by atoms with Crippen molar-refractivity contribution < 1.29 is 23.9 Å². The number of methoxy groups -OCH3 is 1. The van der Waals surface area contributed by atoms with Gasteiger partial charge in [-0.15, -0.1) is 11.3 Å². The Balaban J connectivity index is 2.43. The molecule has 0 saturated carbocycles. The molecular weight excluding hydrogens is 370 g/mol. The zero-order valence-corrected chi connectivity index (χ0v) is 15.6. The molecule has 0 saturated heterocycles. The Bertz CT molecular complexity index is 843. The van der Waals surface area contributed by atoms with Crippen LogP contribution in [0.5, 0.6) is 0 Å². The second-order valence-corrected chi connectivity index (χ2v) is 6.35. The van der Waals surface area contributed by atoms with Crippen molar-refractivity contribution in [3.05, 3.63) is 32.9 Å². The predicted molar refractivity (Wildman–Crippen MR) is 92.5 cm³/mol. The maximum absolute atomic E-state index is 12.4. The van der Waals surface area contributed by atoms with Crippen LogP contribution in [0.1, 0.15) is 43.0 Å². The van der Waals surface area contributed by atoms with Gasteiger partial charge in [-0.2, -0.15) is 5.10 Å². The summed E-state index contributed by atoms with van der Waals surface area (Å²) < 4.78 is 11.1. The minimum atomic E-state index is -0.674. The van der Waals surface area contributed by atoms with Crippen LogP contribution in [-0.4, -0.2) is 41.3 Å². The van der Waals surface area contributed by atoms with E-state index in [1.165, 1.54) is 18.0 Å². The summed E-state index contributed by atoms with van der Waals surface area (Å²) in [4.78, 5) is 36.7. The van der Waals surface area contributed by atoms with E-state index in [9.17, 15) is 14.4 Å². The van der Waals surface area contributed by atoms with Gasteiger partial charge in [-0.3, -0.25) is 9.48 Å². The molecule has 134 valence electrons. The molecule has 25 heavy (non-hydrogen) atoms. The lowest BCUT2D eigenvalue weighted by atomic mass is 10.1.